The van der Waals surface area contributed by atoms with Crippen LogP contribution < -0.4 is 10.3 Å². The summed E-state index contributed by atoms with van der Waals surface area (Å²) >= 11 is 6.30. The van der Waals surface area contributed by atoms with Gasteiger partial charge in [-0.05, 0) is 51.0 Å². The highest BCUT2D eigenvalue weighted by Crippen LogP contribution is 2.32. The second-order valence-corrected chi connectivity index (χ2v) is 11.1. The van der Waals surface area contributed by atoms with Gasteiger partial charge in [0.25, 0.3) is 5.56 Å². The van der Waals surface area contributed by atoms with Gasteiger partial charge in [-0.25, -0.2) is 8.42 Å². The fourth-order valence-corrected chi connectivity index (χ4v) is 5.23. The van der Waals surface area contributed by atoms with Crippen molar-refractivity contribution in [2.24, 2.45) is 7.05 Å². The highest BCUT2D eigenvalue weighted by molar-refractivity contribution is 7.91. The number of hydrogen-bond acceptors (Lipinski definition) is 6. The maximum absolute atomic E-state index is 12.9. The molecule has 0 aliphatic carbocycles. The number of ether oxygens (including phenoxy) is 1. The highest BCUT2D eigenvalue weighted by Gasteiger charge is 2.23. The van der Waals surface area contributed by atoms with E-state index in [0.717, 1.165) is 12.0 Å². The first-order valence-corrected chi connectivity index (χ1v) is 12.8. The summed E-state index contributed by atoms with van der Waals surface area (Å²) in [6.45, 7) is 7.23. The third-order valence-corrected chi connectivity index (χ3v) is 7.89. The molecule has 0 bridgehead atoms. The lowest BCUT2D eigenvalue weighted by Gasteiger charge is -2.14. The monoisotopic (exact) mass is 489 g/mol. The molecule has 3 aromatic rings. The van der Waals surface area contributed by atoms with Gasteiger partial charge in [-0.3, -0.25) is 4.79 Å². The van der Waals surface area contributed by atoms with E-state index in [4.69, 9.17) is 16.3 Å². The van der Waals surface area contributed by atoms with Gasteiger partial charge in [-0.1, -0.05) is 37.1 Å². The van der Waals surface area contributed by atoms with Crippen molar-refractivity contribution in [1.29, 1.82) is 0 Å². The Morgan fingerprint density at radius 3 is 2.52 bits per heavy atom. The zero-order chi connectivity index (χ0) is 24.3. The lowest BCUT2D eigenvalue weighted by Crippen LogP contribution is -2.20. The van der Waals surface area contributed by atoms with E-state index >= 15 is 0 Å². The van der Waals surface area contributed by atoms with Crippen molar-refractivity contribution >= 4 is 21.4 Å². The van der Waals surface area contributed by atoms with Crippen molar-refractivity contribution in [2.75, 3.05) is 0 Å². The fourth-order valence-electron chi connectivity index (χ4n) is 3.53. The molecule has 176 valence electrons. The standard InChI is InChI=1S/C24H28ClN3O4S/c1-6-8-17(4)33(30,31)14-19-12-21(18-11-16(3)23(29)28(5)13-18)27-24(26-19)32-22-15(2)9-7-10-20(22)25/h7,9-13,17H,6,8,14H2,1-5H3/t17-/m0/s1. The molecule has 0 N–H and O–H groups in total. The third-order valence-electron chi connectivity index (χ3n) is 5.43. The molecule has 0 unspecified atom stereocenters. The van der Waals surface area contributed by atoms with Crippen LogP contribution in [0.15, 0.2) is 41.3 Å². The minimum absolute atomic E-state index is 0.0106. The molecule has 0 spiro atoms. The first-order valence-electron chi connectivity index (χ1n) is 10.7. The SMILES string of the molecule is CCC[C@H](C)S(=O)(=O)Cc1cc(-c2cc(C)c(=O)n(C)c2)nc(Oc2c(C)cccc2Cl)n1. The summed E-state index contributed by atoms with van der Waals surface area (Å²) in [7, 11) is -1.78. The van der Waals surface area contributed by atoms with Crippen molar-refractivity contribution in [3.8, 4) is 23.0 Å². The van der Waals surface area contributed by atoms with Gasteiger partial charge in [0.15, 0.2) is 15.6 Å². The molecule has 0 saturated carbocycles. The highest BCUT2D eigenvalue weighted by atomic mass is 35.5. The van der Waals surface area contributed by atoms with Crippen LogP contribution >= 0.6 is 11.6 Å². The summed E-state index contributed by atoms with van der Waals surface area (Å²) in [5.74, 6) is 0.160. The van der Waals surface area contributed by atoms with Gasteiger partial charge < -0.3 is 9.30 Å². The number of sulfone groups is 1. The number of aromatic nitrogens is 3. The molecule has 0 aliphatic rings. The van der Waals surface area contributed by atoms with E-state index in [0.29, 0.717) is 39.7 Å². The minimum Gasteiger partial charge on any atom is -0.422 e. The second-order valence-electron chi connectivity index (χ2n) is 8.25. The van der Waals surface area contributed by atoms with Crippen LogP contribution in [-0.4, -0.2) is 28.2 Å². The van der Waals surface area contributed by atoms with Gasteiger partial charge in [0.05, 0.1) is 27.4 Å². The lowest BCUT2D eigenvalue weighted by atomic mass is 10.1. The maximum Gasteiger partial charge on any atom is 0.322 e. The number of aryl methyl sites for hydroxylation is 3. The number of hydrogen-bond donors (Lipinski definition) is 0. The first kappa shape index (κ1) is 24.9. The summed E-state index contributed by atoms with van der Waals surface area (Å²) in [5, 5.41) is -0.0939. The number of halogens is 1. The summed E-state index contributed by atoms with van der Waals surface area (Å²) < 4.78 is 33.2. The summed E-state index contributed by atoms with van der Waals surface area (Å²) in [6, 6.07) is 8.68. The number of benzene rings is 1. The van der Waals surface area contributed by atoms with Crippen LogP contribution in [0.3, 0.4) is 0 Å². The van der Waals surface area contributed by atoms with Crippen LogP contribution in [-0.2, 0) is 22.6 Å². The average Bonchev–Trinajstić information content (AvgIpc) is 2.74. The predicted octanol–water partition coefficient (Wildman–Crippen LogP) is 5.01. The number of nitrogens with zero attached hydrogens (tertiary/aromatic N) is 3. The van der Waals surface area contributed by atoms with E-state index in [2.05, 4.69) is 9.97 Å². The van der Waals surface area contributed by atoms with Crippen molar-refractivity contribution < 1.29 is 13.2 Å². The average molecular weight is 490 g/mol. The largest absolute Gasteiger partial charge is 0.422 e. The smallest absolute Gasteiger partial charge is 0.322 e. The molecule has 0 radical (unpaired) electrons. The fraction of sp³-hybridized carbons (Fsp3) is 0.375. The molecule has 1 aromatic carbocycles. The molecule has 9 heteroatoms. The van der Waals surface area contributed by atoms with E-state index in [-0.39, 0.29) is 17.3 Å². The molecule has 7 nitrogen and oxygen atoms in total. The van der Waals surface area contributed by atoms with E-state index in [1.54, 1.807) is 45.3 Å². The molecule has 2 heterocycles. The molecule has 0 saturated heterocycles. The van der Waals surface area contributed by atoms with E-state index in [9.17, 15) is 13.2 Å². The van der Waals surface area contributed by atoms with Gasteiger partial charge >= 0.3 is 6.01 Å². The second kappa shape index (κ2) is 10.1. The molecule has 0 fully saturated rings. The van der Waals surface area contributed by atoms with Crippen LogP contribution in [0.4, 0.5) is 0 Å². The lowest BCUT2D eigenvalue weighted by molar-refractivity contribution is 0.438. The Morgan fingerprint density at radius 2 is 1.88 bits per heavy atom. The van der Waals surface area contributed by atoms with Crippen LogP contribution in [0.5, 0.6) is 11.8 Å². The third kappa shape index (κ3) is 5.81. The summed E-state index contributed by atoms with van der Waals surface area (Å²) in [4.78, 5) is 21.0. The molecule has 0 aliphatic heterocycles. The van der Waals surface area contributed by atoms with Gasteiger partial charge in [-0.15, -0.1) is 0 Å². The van der Waals surface area contributed by atoms with Crippen molar-refractivity contribution in [1.82, 2.24) is 14.5 Å². The van der Waals surface area contributed by atoms with E-state index < -0.39 is 15.1 Å². The van der Waals surface area contributed by atoms with Gasteiger partial charge in [0.2, 0.25) is 0 Å². The zero-order valence-electron chi connectivity index (χ0n) is 19.4. The Balaban J connectivity index is 2.12. The van der Waals surface area contributed by atoms with Crippen molar-refractivity contribution in [2.45, 2.75) is 51.5 Å². The van der Waals surface area contributed by atoms with Crippen LogP contribution in [0.2, 0.25) is 5.02 Å². The normalized spacial score (nSPS) is 12.5. The maximum atomic E-state index is 12.9. The van der Waals surface area contributed by atoms with Crippen molar-refractivity contribution in [3.63, 3.8) is 0 Å². The van der Waals surface area contributed by atoms with Gasteiger partial charge in [0, 0.05) is 24.4 Å². The molecule has 3 rings (SSSR count). The summed E-state index contributed by atoms with van der Waals surface area (Å²) in [6.07, 6.45) is 3.00. The molecule has 33 heavy (non-hydrogen) atoms. The van der Waals surface area contributed by atoms with Crippen LogP contribution in [0, 0.1) is 13.8 Å². The number of para-hydroxylation sites is 1. The quantitative estimate of drug-likeness (QED) is 0.441. The van der Waals surface area contributed by atoms with E-state index in [1.807, 2.05) is 26.0 Å². The Morgan fingerprint density at radius 1 is 1.15 bits per heavy atom. The molecular weight excluding hydrogens is 462 g/mol. The molecule has 2 aromatic heterocycles. The Hall–Kier alpha value is -2.71. The van der Waals surface area contributed by atoms with Crippen LogP contribution in [0.1, 0.15) is 43.5 Å². The summed E-state index contributed by atoms with van der Waals surface area (Å²) in [5.41, 5.74) is 2.64. The topological polar surface area (TPSA) is 91.2 Å². The predicted molar refractivity (Wildman–Crippen MR) is 131 cm³/mol. The van der Waals surface area contributed by atoms with E-state index in [1.165, 1.54) is 4.57 Å². The van der Waals surface area contributed by atoms with Crippen LogP contribution in [0.25, 0.3) is 11.3 Å². The van der Waals surface area contributed by atoms with Gasteiger partial charge in [-0.2, -0.15) is 9.97 Å². The van der Waals surface area contributed by atoms with Crippen molar-refractivity contribution in [3.05, 3.63) is 68.7 Å². The zero-order valence-corrected chi connectivity index (χ0v) is 21.0. The van der Waals surface area contributed by atoms with Gasteiger partial charge in [0.1, 0.15) is 0 Å². The molecule has 0 amide bonds. The molecular formula is C24H28ClN3O4S. The minimum atomic E-state index is -3.43. The number of pyridine rings is 1. The first-order chi connectivity index (χ1) is 15.5. The Bertz CT molecular complexity index is 1290. The Labute approximate surface area is 199 Å². The number of rotatable bonds is 8. The Kier molecular flexibility index (Phi) is 7.59. The molecule has 1 atom stereocenters.